The first kappa shape index (κ1) is 20.9. The van der Waals surface area contributed by atoms with E-state index in [1.54, 1.807) is 37.3 Å². The minimum Gasteiger partial charge on any atom is -0.496 e. The molecule has 0 N–H and O–H groups in total. The first-order valence-electron chi connectivity index (χ1n) is 9.77. The van der Waals surface area contributed by atoms with Gasteiger partial charge in [0, 0.05) is 31.7 Å². The van der Waals surface area contributed by atoms with Crippen molar-refractivity contribution in [2.75, 3.05) is 46.9 Å². The molecular weight excluding hydrogens is 368 g/mol. The van der Waals surface area contributed by atoms with Crippen molar-refractivity contribution in [3.05, 3.63) is 58.7 Å². The number of hydrogen-bond donors (Lipinski definition) is 0. The second kappa shape index (κ2) is 9.09. The van der Waals surface area contributed by atoms with Crippen LogP contribution in [0.5, 0.6) is 11.5 Å². The van der Waals surface area contributed by atoms with Gasteiger partial charge in [-0.15, -0.1) is 0 Å². The standard InChI is InChI=1S/C23H28N2O4/c1-16-8-9-17(2)18(14-16)19(26)15-24-10-12-25(13-11-24)23(27)22-20(28-3)6-5-7-21(22)29-4/h5-9,14H,10-13,15H2,1-4H3. The number of methoxy groups -OCH3 is 2. The first-order valence-corrected chi connectivity index (χ1v) is 9.77. The number of amides is 1. The molecule has 1 amide bonds. The first-order chi connectivity index (χ1) is 13.9. The Morgan fingerprint density at radius 2 is 1.55 bits per heavy atom. The lowest BCUT2D eigenvalue weighted by atomic mass is 10.0. The summed E-state index contributed by atoms with van der Waals surface area (Å²) >= 11 is 0. The molecule has 0 unspecified atom stereocenters. The van der Waals surface area contributed by atoms with Crippen molar-refractivity contribution in [2.24, 2.45) is 0 Å². The highest BCUT2D eigenvalue weighted by Gasteiger charge is 2.28. The molecule has 1 aliphatic heterocycles. The van der Waals surface area contributed by atoms with Gasteiger partial charge in [-0.25, -0.2) is 0 Å². The quantitative estimate of drug-likeness (QED) is 0.703. The Labute approximate surface area is 172 Å². The topological polar surface area (TPSA) is 59.1 Å². The van der Waals surface area contributed by atoms with Gasteiger partial charge in [0.05, 0.1) is 20.8 Å². The third kappa shape index (κ3) is 4.59. The summed E-state index contributed by atoms with van der Waals surface area (Å²) in [5.74, 6) is 1.01. The molecule has 29 heavy (non-hydrogen) atoms. The average Bonchev–Trinajstić information content (AvgIpc) is 2.74. The summed E-state index contributed by atoms with van der Waals surface area (Å²) in [4.78, 5) is 29.7. The molecule has 0 atom stereocenters. The minimum atomic E-state index is -0.111. The van der Waals surface area contributed by atoms with Crippen molar-refractivity contribution < 1.29 is 19.1 Å². The van der Waals surface area contributed by atoms with Gasteiger partial charge in [0.2, 0.25) is 0 Å². The van der Waals surface area contributed by atoms with Crippen LogP contribution >= 0.6 is 0 Å². The fourth-order valence-corrected chi connectivity index (χ4v) is 3.65. The van der Waals surface area contributed by atoms with E-state index in [2.05, 4.69) is 4.90 Å². The third-order valence-corrected chi connectivity index (χ3v) is 5.36. The molecule has 6 heteroatoms. The van der Waals surface area contributed by atoms with Crippen LogP contribution in [-0.2, 0) is 0 Å². The van der Waals surface area contributed by atoms with Crippen molar-refractivity contribution in [3.63, 3.8) is 0 Å². The van der Waals surface area contributed by atoms with Crippen LogP contribution in [0.15, 0.2) is 36.4 Å². The molecule has 1 aliphatic rings. The molecule has 0 aliphatic carbocycles. The van der Waals surface area contributed by atoms with Crippen LogP contribution in [0.1, 0.15) is 31.8 Å². The Hall–Kier alpha value is -2.86. The van der Waals surface area contributed by atoms with Crippen LogP contribution in [0.25, 0.3) is 0 Å². The summed E-state index contributed by atoms with van der Waals surface area (Å²) in [5, 5.41) is 0. The Kier molecular flexibility index (Phi) is 6.54. The second-order valence-electron chi connectivity index (χ2n) is 7.35. The Bertz CT molecular complexity index is 879. The predicted octanol–water partition coefficient (Wildman–Crippen LogP) is 2.96. The maximum atomic E-state index is 13.1. The van der Waals surface area contributed by atoms with E-state index < -0.39 is 0 Å². The smallest absolute Gasteiger partial charge is 0.261 e. The van der Waals surface area contributed by atoms with Crippen LogP contribution in [0.4, 0.5) is 0 Å². The summed E-state index contributed by atoms with van der Waals surface area (Å²) < 4.78 is 10.7. The molecule has 0 radical (unpaired) electrons. The van der Waals surface area contributed by atoms with Gasteiger partial charge in [-0.1, -0.05) is 23.8 Å². The van der Waals surface area contributed by atoms with Gasteiger partial charge < -0.3 is 14.4 Å². The highest BCUT2D eigenvalue weighted by molar-refractivity contribution is 6.00. The van der Waals surface area contributed by atoms with E-state index in [0.29, 0.717) is 49.8 Å². The van der Waals surface area contributed by atoms with Crippen molar-refractivity contribution in [2.45, 2.75) is 13.8 Å². The summed E-state index contributed by atoms with van der Waals surface area (Å²) in [6.07, 6.45) is 0. The second-order valence-corrected chi connectivity index (χ2v) is 7.35. The number of hydrogen-bond acceptors (Lipinski definition) is 5. The van der Waals surface area contributed by atoms with Crippen molar-refractivity contribution in [1.29, 1.82) is 0 Å². The zero-order chi connectivity index (χ0) is 21.0. The fraction of sp³-hybridized carbons (Fsp3) is 0.391. The van der Waals surface area contributed by atoms with Crippen LogP contribution in [0.3, 0.4) is 0 Å². The Morgan fingerprint density at radius 3 is 2.14 bits per heavy atom. The largest absolute Gasteiger partial charge is 0.496 e. The lowest BCUT2D eigenvalue weighted by Gasteiger charge is -2.34. The van der Waals surface area contributed by atoms with Crippen molar-refractivity contribution in [3.8, 4) is 11.5 Å². The van der Waals surface area contributed by atoms with Gasteiger partial charge in [0.1, 0.15) is 17.1 Å². The molecule has 154 valence electrons. The van der Waals surface area contributed by atoms with Gasteiger partial charge in [-0.05, 0) is 37.6 Å². The van der Waals surface area contributed by atoms with Crippen LogP contribution in [-0.4, -0.2) is 68.4 Å². The number of ketones is 1. The van der Waals surface area contributed by atoms with Crippen LogP contribution < -0.4 is 9.47 Å². The number of carbonyl (C=O) groups is 2. The Balaban J connectivity index is 1.64. The molecule has 3 rings (SSSR count). The van der Waals surface area contributed by atoms with E-state index in [9.17, 15) is 9.59 Å². The summed E-state index contributed by atoms with van der Waals surface area (Å²) in [5.41, 5.74) is 3.30. The maximum absolute atomic E-state index is 13.1. The molecule has 1 heterocycles. The number of Topliss-reactive ketones (excluding diaryl/α,β-unsaturated/α-hetero) is 1. The summed E-state index contributed by atoms with van der Waals surface area (Å²) in [6, 6.07) is 11.3. The zero-order valence-electron chi connectivity index (χ0n) is 17.5. The van der Waals surface area contributed by atoms with Crippen LogP contribution in [0.2, 0.25) is 0 Å². The molecule has 1 fully saturated rings. The zero-order valence-corrected chi connectivity index (χ0v) is 17.5. The summed E-state index contributed by atoms with van der Waals surface area (Å²) in [6.45, 7) is 6.74. The lowest BCUT2D eigenvalue weighted by Crippen LogP contribution is -2.50. The molecule has 2 aromatic carbocycles. The van der Waals surface area contributed by atoms with Gasteiger partial charge in [-0.2, -0.15) is 0 Å². The maximum Gasteiger partial charge on any atom is 0.261 e. The van der Waals surface area contributed by atoms with Crippen molar-refractivity contribution in [1.82, 2.24) is 9.80 Å². The molecule has 0 saturated carbocycles. The highest BCUT2D eigenvalue weighted by Crippen LogP contribution is 2.29. The third-order valence-electron chi connectivity index (χ3n) is 5.36. The van der Waals surface area contributed by atoms with E-state index in [1.807, 2.05) is 32.0 Å². The SMILES string of the molecule is COc1cccc(OC)c1C(=O)N1CCN(CC(=O)c2cc(C)ccc2C)CC1. The minimum absolute atomic E-state index is 0.111. The number of rotatable bonds is 6. The molecule has 0 aromatic heterocycles. The highest BCUT2D eigenvalue weighted by atomic mass is 16.5. The number of ether oxygens (including phenoxy) is 2. The van der Waals surface area contributed by atoms with E-state index in [4.69, 9.17) is 9.47 Å². The summed E-state index contributed by atoms with van der Waals surface area (Å²) in [7, 11) is 3.09. The molecule has 6 nitrogen and oxygen atoms in total. The van der Waals surface area contributed by atoms with Crippen molar-refractivity contribution >= 4 is 11.7 Å². The number of carbonyl (C=O) groups excluding carboxylic acids is 2. The molecular formula is C23H28N2O4. The normalized spacial score (nSPS) is 14.6. The van der Waals surface area contributed by atoms with Crippen LogP contribution in [0, 0.1) is 13.8 Å². The molecule has 1 saturated heterocycles. The number of benzene rings is 2. The van der Waals surface area contributed by atoms with Gasteiger partial charge in [0.25, 0.3) is 5.91 Å². The lowest BCUT2D eigenvalue weighted by molar-refractivity contribution is 0.0618. The van der Waals surface area contributed by atoms with Gasteiger partial charge in [-0.3, -0.25) is 14.5 Å². The number of aryl methyl sites for hydroxylation is 2. The fourth-order valence-electron chi connectivity index (χ4n) is 3.65. The monoisotopic (exact) mass is 396 g/mol. The van der Waals surface area contributed by atoms with Gasteiger partial charge >= 0.3 is 0 Å². The van der Waals surface area contributed by atoms with Gasteiger partial charge in [0.15, 0.2) is 5.78 Å². The van der Waals surface area contributed by atoms with E-state index >= 15 is 0 Å². The molecule has 2 aromatic rings. The van der Waals surface area contributed by atoms with E-state index in [0.717, 1.165) is 16.7 Å². The molecule has 0 bridgehead atoms. The van der Waals surface area contributed by atoms with E-state index in [1.165, 1.54) is 0 Å². The predicted molar refractivity (Wildman–Crippen MR) is 112 cm³/mol. The average molecular weight is 396 g/mol. The Morgan fingerprint density at radius 1 is 0.931 bits per heavy atom. The number of piperazine rings is 1. The van der Waals surface area contributed by atoms with E-state index in [-0.39, 0.29) is 11.7 Å². The number of nitrogens with zero attached hydrogens (tertiary/aromatic N) is 2. The molecule has 0 spiro atoms.